The fourth-order valence-corrected chi connectivity index (χ4v) is 0.852. The van der Waals surface area contributed by atoms with Gasteiger partial charge in [0.2, 0.25) is 0 Å². The molecule has 0 radical (unpaired) electrons. The molecule has 0 aliphatic heterocycles. The monoisotopic (exact) mass is 194 g/mol. The number of guanidine groups is 1. The molecule has 14 heavy (non-hydrogen) atoms. The second-order valence-corrected chi connectivity index (χ2v) is 2.52. The lowest BCUT2D eigenvalue weighted by Crippen LogP contribution is -2.25. The Morgan fingerprint density at radius 3 is 2.71 bits per heavy atom. The van der Waals surface area contributed by atoms with Gasteiger partial charge in [0.05, 0.1) is 0 Å². The van der Waals surface area contributed by atoms with Gasteiger partial charge in [-0.3, -0.25) is 0 Å². The highest BCUT2D eigenvalue weighted by Gasteiger charge is 2.00. The van der Waals surface area contributed by atoms with Crippen molar-refractivity contribution in [3.05, 3.63) is 24.3 Å². The largest absolute Gasteiger partial charge is 0.508 e. The summed E-state index contributed by atoms with van der Waals surface area (Å²) in [5, 5.41) is 11.4. The Bertz CT molecular complexity index is 371. The lowest BCUT2D eigenvalue weighted by molar-refractivity contribution is 0.259. The number of carbonyl (C=O) groups is 1. The van der Waals surface area contributed by atoms with E-state index in [0.717, 1.165) is 0 Å². The first-order valence-corrected chi connectivity index (χ1v) is 3.77. The fourth-order valence-electron chi connectivity index (χ4n) is 0.852. The number of phenols is 1. The minimum Gasteiger partial charge on any atom is -0.508 e. The summed E-state index contributed by atoms with van der Waals surface area (Å²) < 4.78 is 0. The summed E-state index contributed by atoms with van der Waals surface area (Å²) in [6.07, 6.45) is 0. The number of aliphatic imine (C=N–C) groups is 1. The number of nitrogens with two attached hydrogens (primary N) is 2. The summed E-state index contributed by atoms with van der Waals surface area (Å²) in [4.78, 5) is 14.2. The highest BCUT2D eigenvalue weighted by atomic mass is 16.3. The summed E-state index contributed by atoms with van der Waals surface area (Å²) in [6.45, 7) is 0. The van der Waals surface area contributed by atoms with E-state index < -0.39 is 6.03 Å². The summed E-state index contributed by atoms with van der Waals surface area (Å²) in [5.41, 5.74) is 10.4. The van der Waals surface area contributed by atoms with Gasteiger partial charge in [-0.05, 0) is 12.1 Å². The van der Waals surface area contributed by atoms with Crippen molar-refractivity contribution in [2.75, 3.05) is 5.32 Å². The van der Waals surface area contributed by atoms with Crippen molar-refractivity contribution in [3.63, 3.8) is 0 Å². The number of benzene rings is 1. The number of phenolic OH excluding ortho intramolecular Hbond substituents is 1. The molecule has 6 nitrogen and oxygen atoms in total. The van der Waals surface area contributed by atoms with Gasteiger partial charge in [0.15, 0.2) is 5.96 Å². The van der Waals surface area contributed by atoms with Gasteiger partial charge in [0, 0.05) is 11.8 Å². The van der Waals surface area contributed by atoms with E-state index in [1.807, 2.05) is 0 Å². The van der Waals surface area contributed by atoms with Crippen molar-refractivity contribution in [1.29, 1.82) is 0 Å². The number of nitrogens with zero attached hydrogens (tertiary/aromatic N) is 1. The lowest BCUT2D eigenvalue weighted by atomic mass is 10.3. The predicted octanol–water partition coefficient (Wildman–Crippen LogP) is 0.198. The van der Waals surface area contributed by atoms with E-state index in [1.54, 1.807) is 12.1 Å². The minimum absolute atomic E-state index is 0.0486. The molecular weight excluding hydrogens is 184 g/mol. The minimum atomic E-state index is -0.685. The molecule has 0 aromatic heterocycles. The van der Waals surface area contributed by atoms with Gasteiger partial charge in [-0.25, -0.2) is 4.79 Å². The molecule has 1 aromatic rings. The van der Waals surface area contributed by atoms with Crippen LogP contribution in [0.1, 0.15) is 0 Å². The number of aromatic hydroxyl groups is 1. The predicted molar refractivity (Wildman–Crippen MR) is 52.9 cm³/mol. The molecule has 0 aliphatic rings. The van der Waals surface area contributed by atoms with Gasteiger partial charge < -0.3 is 21.9 Å². The zero-order valence-corrected chi connectivity index (χ0v) is 7.27. The Kier molecular flexibility index (Phi) is 2.90. The standard InChI is InChI=1S/C8H10N4O2/c9-7(10)12-8(14)11-5-2-1-3-6(13)4-5/h1-4,13H,(H5,9,10,11,12,14). The Hall–Kier alpha value is -2.24. The molecule has 74 valence electrons. The Labute approximate surface area is 80.2 Å². The highest BCUT2D eigenvalue weighted by molar-refractivity contribution is 5.98. The smallest absolute Gasteiger partial charge is 0.348 e. The van der Waals surface area contributed by atoms with Crippen LogP contribution in [0.15, 0.2) is 29.3 Å². The van der Waals surface area contributed by atoms with Crippen LogP contribution in [0.4, 0.5) is 10.5 Å². The second kappa shape index (κ2) is 4.13. The van der Waals surface area contributed by atoms with Crippen LogP contribution < -0.4 is 16.8 Å². The molecular formula is C8H10N4O2. The van der Waals surface area contributed by atoms with E-state index in [4.69, 9.17) is 16.6 Å². The quantitative estimate of drug-likeness (QED) is 0.377. The molecule has 0 atom stereocenters. The van der Waals surface area contributed by atoms with Crippen molar-refractivity contribution in [1.82, 2.24) is 0 Å². The van der Waals surface area contributed by atoms with Gasteiger partial charge in [-0.2, -0.15) is 4.99 Å². The van der Waals surface area contributed by atoms with Crippen molar-refractivity contribution >= 4 is 17.7 Å². The van der Waals surface area contributed by atoms with Crippen LogP contribution in [0.5, 0.6) is 5.75 Å². The lowest BCUT2D eigenvalue weighted by Gasteiger charge is -2.01. The van der Waals surface area contributed by atoms with Gasteiger partial charge in [-0.15, -0.1) is 0 Å². The summed E-state index contributed by atoms with van der Waals surface area (Å²) in [6, 6.07) is 5.35. The zero-order chi connectivity index (χ0) is 10.6. The molecule has 0 saturated heterocycles. The van der Waals surface area contributed by atoms with E-state index in [0.29, 0.717) is 5.69 Å². The Balaban J connectivity index is 2.70. The molecule has 6 heteroatoms. The molecule has 1 aromatic carbocycles. The molecule has 0 fully saturated rings. The molecule has 0 unspecified atom stereocenters. The summed E-state index contributed by atoms with van der Waals surface area (Å²) in [7, 11) is 0. The van der Waals surface area contributed by atoms with Gasteiger partial charge in [0.25, 0.3) is 0 Å². The fraction of sp³-hybridized carbons (Fsp3) is 0. The highest BCUT2D eigenvalue weighted by Crippen LogP contribution is 2.15. The van der Waals surface area contributed by atoms with Crippen LogP contribution in [0.25, 0.3) is 0 Å². The molecule has 0 saturated carbocycles. The third kappa shape index (κ3) is 3.02. The number of rotatable bonds is 1. The van der Waals surface area contributed by atoms with E-state index in [9.17, 15) is 4.79 Å². The molecule has 2 amide bonds. The number of amides is 2. The molecule has 0 aliphatic carbocycles. The SMILES string of the molecule is NC(N)=NC(=O)Nc1cccc(O)c1. The number of anilines is 1. The van der Waals surface area contributed by atoms with E-state index in [2.05, 4.69) is 10.3 Å². The van der Waals surface area contributed by atoms with Gasteiger partial charge in [-0.1, -0.05) is 6.07 Å². The summed E-state index contributed by atoms with van der Waals surface area (Å²) in [5.74, 6) is -0.268. The molecule has 6 N–H and O–H groups in total. The maximum Gasteiger partial charge on any atom is 0.348 e. The molecule has 0 bridgehead atoms. The maximum atomic E-state index is 11.0. The number of carbonyl (C=O) groups excluding carboxylic acids is 1. The molecule has 0 spiro atoms. The van der Waals surface area contributed by atoms with Gasteiger partial charge in [0.1, 0.15) is 5.75 Å². The van der Waals surface area contributed by atoms with Crippen molar-refractivity contribution in [3.8, 4) is 5.75 Å². The topological polar surface area (TPSA) is 114 Å². The maximum absolute atomic E-state index is 11.0. The van der Waals surface area contributed by atoms with Crippen LogP contribution in [-0.2, 0) is 0 Å². The second-order valence-electron chi connectivity index (χ2n) is 2.52. The van der Waals surface area contributed by atoms with Crippen molar-refractivity contribution < 1.29 is 9.90 Å². The zero-order valence-electron chi connectivity index (χ0n) is 7.27. The van der Waals surface area contributed by atoms with Crippen LogP contribution in [0, 0.1) is 0 Å². The van der Waals surface area contributed by atoms with E-state index in [-0.39, 0.29) is 11.7 Å². The van der Waals surface area contributed by atoms with Crippen molar-refractivity contribution in [2.24, 2.45) is 16.5 Å². The first-order valence-electron chi connectivity index (χ1n) is 3.77. The average Bonchev–Trinajstić information content (AvgIpc) is 2.01. The summed E-state index contributed by atoms with van der Waals surface area (Å²) >= 11 is 0. The third-order valence-corrected chi connectivity index (χ3v) is 1.33. The number of nitrogens with one attached hydrogen (secondary N) is 1. The van der Waals surface area contributed by atoms with Crippen LogP contribution in [0.2, 0.25) is 0 Å². The number of urea groups is 1. The first-order chi connectivity index (χ1) is 6.58. The normalized spacial score (nSPS) is 9.14. The van der Waals surface area contributed by atoms with E-state index >= 15 is 0 Å². The van der Waals surface area contributed by atoms with Crippen LogP contribution in [0.3, 0.4) is 0 Å². The third-order valence-electron chi connectivity index (χ3n) is 1.33. The van der Waals surface area contributed by atoms with Gasteiger partial charge >= 0.3 is 6.03 Å². The number of hydrogen-bond donors (Lipinski definition) is 4. The van der Waals surface area contributed by atoms with Crippen molar-refractivity contribution in [2.45, 2.75) is 0 Å². The number of hydrogen-bond acceptors (Lipinski definition) is 2. The Morgan fingerprint density at radius 1 is 1.43 bits per heavy atom. The van der Waals surface area contributed by atoms with E-state index in [1.165, 1.54) is 12.1 Å². The molecule has 1 rings (SSSR count). The first kappa shape index (κ1) is 9.85. The average molecular weight is 194 g/mol. The Morgan fingerprint density at radius 2 is 2.14 bits per heavy atom. The van der Waals surface area contributed by atoms with Crippen LogP contribution >= 0.6 is 0 Å². The molecule has 0 heterocycles. The van der Waals surface area contributed by atoms with Crippen LogP contribution in [-0.4, -0.2) is 17.1 Å².